The monoisotopic (exact) mass is 388 g/mol. The van der Waals surface area contributed by atoms with E-state index in [2.05, 4.69) is 9.71 Å². The molecular weight excluding hydrogens is 378 g/mol. The van der Waals surface area contributed by atoms with Crippen LogP contribution in [0, 0.1) is 17.5 Å². The van der Waals surface area contributed by atoms with Crippen LogP contribution in [0.2, 0.25) is 0 Å². The predicted molar refractivity (Wildman–Crippen MR) is 87.0 cm³/mol. The van der Waals surface area contributed by atoms with Gasteiger partial charge in [0.25, 0.3) is 0 Å². The molecule has 0 fully saturated rings. The molecule has 2 nitrogen and oxygen atoms in total. The zero-order valence-corrected chi connectivity index (χ0v) is 13.6. The van der Waals surface area contributed by atoms with Gasteiger partial charge in [-0.1, -0.05) is 12.1 Å². The lowest BCUT2D eigenvalue weighted by Gasteiger charge is -2.12. The van der Waals surface area contributed by atoms with Gasteiger partial charge in [-0.15, -0.1) is 0 Å². The molecule has 2 N–H and O–H groups in total. The standard InChI is InChI=1S/C17H10F6N2S/c18-10-3-1-2-9(4-10)11-7-24-8-16(11)26-25-15-6-13(19)12(5-14(15)20)17(21,22)23/h1-8,24-25H. The summed E-state index contributed by atoms with van der Waals surface area (Å²) in [4.78, 5) is 3.33. The minimum Gasteiger partial charge on any atom is -0.366 e. The molecule has 0 bridgehead atoms. The molecule has 26 heavy (non-hydrogen) atoms. The lowest BCUT2D eigenvalue weighted by molar-refractivity contribution is -0.140. The first kappa shape index (κ1) is 18.2. The zero-order chi connectivity index (χ0) is 18.9. The van der Waals surface area contributed by atoms with Crippen molar-refractivity contribution in [2.24, 2.45) is 0 Å². The average molecular weight is 388 g/mol. The van der Waals surface area contributed by atoms with E-state index in [1.54, 1.807) is 12.3 Å². The predicted octanol–water partition coefficient (Wildman–Crippen LogP) is 6.24. The first-order valence-corrected chi connectivity index (χ1v) is 7.99. The fraction of sp³-hybridized carbons (Fsp3) is 0.0588. The van der Waals surface area contributed by atoms with Crippen molar-refractivity contribution in [3.8, 4) is 11.1 Å². The van der Waals surface area contributed by atoms with Gasteiger partial charge in [0.05, 0.1) is 16.1 Å². The molecule has 0 saturated carbocycles. The highest BCUT2D eigenvalue weighted by Gasteiger charge is 2.35. The smallest absolute Gasteiger partial charge is 0.366 e. The minimum atomic E-state index is -4.98. The Bertz CT molecular complexity index is 935. The first-order chi connectivity index (χ1) is 12.3. The van der Waals surface area contributed by atoms with Gasteiger partial charge in [0, 0.05) is 24.0 Å². The van der Waals surface area contributed by atoms with Crippen molar-refractivity contribution < 1.29 is 26.3 Å². The summed E-state index contributed by atoms with van der Waals surface area (Å²) in [5, 5.41) is 0. The lowest BCUT2D eigenvalue weighted by Crippen LogP contribution is -2.09. The molecule has 2 aromatic carbocycles. The summed E-state index contributed by atoms with van der Waals surface area (Å²) < 4.78 is 81.0. The molecule has 9 heteroatoms. The molecule has 0 radical (unpaired) electrons. The van der Waals surface area contributed by atoms with Gasteiger partial charge >= 0.3 is 6.18 Å². The Balaban J connectivity index is 1.83. The number of alkyl halides is 3. The molecule has 1 aromatic heterocycles. The highest BCUT2D eigenvalue weighted by Crippen LogP contribution is 2.36. The van der Waals surface area contributed by atoms with Crippen molar-refractivity contribution in [1.82, 2.24) is 4.98 Å². The number of rotatable bonds is 4. The molecule has 0 aliphatic heterocycles. The average Bonchev–Trinajstić information content (AvgIpc) is 3.03. The van der Waals surface area contributed by atoms with Crippen LogP contribution in [0.15, 0.2) is 53.7 Å². The van der Waals surface area contributed by atoms with Crippen LogP contribution in [0.4, 0.5) is 32.0 Å². The second-order valence-electron chi connectivity index (χ2n) is 5.26. The quantitative estimate of drug-likeness (QED) is 0.409. The third-order valence-electron chi connectivity index (χ3n) is 3.48. The van der Waals surface area contributed by atoms with Crippen LogP contribution in [0.3, 0.4) is 0 Å². The van der Waals surface area contributed by atoms with Crippen molar-refractivity contribution in [3.05, 3.63) is 71.8 Å². The van der Waals surface area contributed by atoms with Crippen molar-refractivity contribution in [3.63, 3.8) is 0 Å². The van der Waals surface area contributed by atoms with E-state index in [1.165, 1.54) is 24.4 Å². The number of nitrogens with one attached hydrogen (secondary N) is 2. The van der Waals surface area contributed by atoms with Crippen LogP contribution >= 0.6 is 11.9 Å². The number of hydrogen-bond donors (Lipinski definition) is 2. The van der Waals surface area contributed by atoms with Gasteiger partial charge in [0.2, 0.25) is 0 Å². The summed E-state index contributed by atoms with van der Waals surface area (Å²) in [7, 11) is 0. The summed E-state index contributed by atoms with van der Waals surface area (Å²) in [6.07, 6.45) is -1.86. The summed E-state index contributed by atoms with van der Waals surface area (Å²) in [5.41, 5.74) is -0.969. The van der Waals surface area contributed by atoms with E-state index in [1.807, 2.05) is 0 Å². The van der Waals surface area contributed by atoms with E-state index in [9.17, 15) is 26.3 Å². The maximum Gasteiger partial charge on any atom is 0.419 e. The number of halogens is 6. The van der Waals surface area contributed by atoms with Gasteiger partial charge in [0.1, 0.15) is 17.5 Å². The van der Waals surface area contributed by atoms with Gasteiger partial charge in [-0.3, -0.25) is 0 Å². The van der Waals surface area contributed by atoms with Crippen molar-refractivity contribution in [2.45, 2.75) is 11.1 Å². The van der Waals surface area contributed by atoms with Crippen LogP contribution in [0.25, 0.3) is 11.1 Å². The van der Waals surface area contributed by atoms with Gasteiger partial charge in [-0.25, -0.2) is 13.2 Å². The van der Waals surface area contributed by atoms with Crippen LogP contribution in [-0.2, 0) is 6.18 Å². The molecule has 3 aromatic rings. The Morgan fingerprint density at radius 1 is 0.923 bits per heavy atom. The van der Waals surface area contributed by atoms with Crippen LogP contribution in [-0.4, -0.2) is 4.98 Å². The normalized spacial score (nSPS) is 11.6. The molecule has 3 rings (SSSR count). The van der Waals surface area contributed by atoms with Crippen molar-refractivity contribution >= 4 is 17.6 Å². The van der Waals surface area contributed by atoms with Crippen LogP contribution < -0.4 is 4.72 Å². The highest BCUT2D eigenvalue weighted by atomic mass is 32.2. The summed E-state index contributed by atoms with van der Waals surface area (Å²) in [5.74, 6) is -3.26. The molecule has 0 saturated heterocycles. The molecule has 0 unspecified atom stereocenters. The van der Waals surface area contributed by atoms with Gasteiger partial charge in [0.15, 0.2) is 0 Å². The van der Waals surface area contributed by atoms with Gasteiger partial charge in [-0.05, 0) is 35.7 Å². The molecule has 0 atom stereocenters. The Morgan fingerprint density at radius 3 is 2.38 bits per heavy atom. The topological polar surface area (TPSA) is 27.8 Å². The molecule has 0 aliphatic rings. The van der Waals surface area contributed by atoms with Gasteiger partial charge < -0.3 is 9.71 Å². The van der Waals surface area contributed by atoms with E-state index < -0.39 is 34.9 Å². The van der Waals surface area contributed by atoms with E-state index in [0.717, 1.165) is 11.9 Å². The molecule has 0 aliphatic carbocycles. The third kappa shape index (κ3) is 3.82. The zero-order valence-electron chi connectivity index (χ0n) is 12.8. The third-order valence-corrected chi connectivity index (χ3v) is 4.36. The van der Waals surface area contributed by atoms with E-state index in [0.29, 0.717) is 22.1 Å². The number of hydrogen-bond acceptors (Lipinski definition) is 2. The Kier molecular flexibility index (Phi) is 4.90. The van der Waals surface area contributed by atoms with Crippen LogP contribution in [0.5, 0.6) is 0 Å². The van der Waals surface area contributed by atoms with Crippen molar-refractivity contribution in [2.75, 3.05) is 4.72 Å². The number of anilines is 1. The Labute approximate surface area is 148 Å². The van der Waals surface area contributed by atoms with Gasteiger partial charge in [-0.2, -0.15) is 13.2 Å². The second-order valence-corrected chi connectivity index (χ2v) is 6.11. The molecule has 1 heterocycles. The Morgan fingerprint density at radius 2 is 1.69 bits per heavy atom. The summed E-state index contributed by atoms with van der Waals surface area (Å²) >= 11 is 0.852. The molecule has 0 spiro atoms. The minimum absolute atomic E-state index is 0.100. The first-order valence-electron chi connectivity index (χ1n) is 7.17. The highest BCUT2D eigenvalue weighted by molar-refractivity contribution is 8.00. The number of benzene rings is 2. The number of H-pyrrole nitrogens is 1. The van der Waals surface area contributed by atoms with Crippen LogP contribution in [0.1, 0.15) is 5.56 Å². The molecule has 0 amide bonds. The summed E-state index contributed by atoms with van der Waals surface area (Å²) in [6.45, 7) is 0. The van der Waals surface area contributed by atoms with E-state index in [-0.39, 0.29) is 6.07 Å². The fourth-order valence-electron chi connectivity index (χ4n) is 2.27. The molecule has 136 valence electrons. The lowest BCUT2D eigenvalue weighted by atomic mass is 10.1. The van der Waals surface area contributed by atoms with Crippen molar-refractivity contribution in [1.29, 1.82) is 0 Å². The number of aromatic amines is 1. The Hall–Kier alpha value is -2.55. The largest absolute Gasteiger partial charge is 0.419 e. The SMILES string of the molecule is Fc1cccc(-c2c[nH]cc2SNc2cc(F)c(C(F)(F)F)cc2F)c1. The maximum absolute atomic E-state index is 13.9. The second kappa shape index (κ2) is 6.99. The number of aromatic nitrogens is 1. The fourth-order valence-corrected chi connectivity index (χ4v) is 3.06. The van der Waals surface area contributed by atoms with E-state index in [4.69, 9.17) is 0 Å². The van der Waals surface area contributed by atoms with E-state index >= 15 is 0 Å². The summed E-state index contributed by atoms with van der Waals surface area (Å²) in [6, 6.07) is 6.30. The maximum atomic E-state index is 13.9. The molecular formula is C17H10F6N2S.